The molecule has 0 fully saturated rings. The maximum absolute atomic E-state index is 12.6. The number of nitrogens with one attached hydrogen (secondary N) is 4. The van der Waals surface area contributed by atoms with Crippen LogP contribution in [0.2, 0.25) is 0 Å². The van der Waals surface area contributed by atoms with Gasteiger partial charge >= 0.3 is 32.3 Å². The molecule has 0 saturated heterocycles. The van der Waals surface area contributed by atoms with Gasteiger partial charge in [0, 0.05) is 34.9 Å². The monoisotopic (exact) mass is 686 g/mol. The standard InChI is InChI=1S/C34H30N4O8S2/c39-33(37-29-13-7-15-31(21-29)45-47(41,42)23-25-9-3-1-4-10-25)35-27-17-19-28(20-18-27)36-34(40)38-30-14-8-16-32(22-30)46-48(43,44)24-26-11-5-2-6-12-26/h1-22H,23-24H2,(H2,35,37,39)(H2,36,38,40). The number of carbonyl (C=O) groups is 2. The molecule has 0 saturated carbocycles. The fourth-order valence-electron chi connectivity index (χ4n) is 4.38. The van der Waals surface area contributed by atoms with Crippen LogP contribution in [0.15, 0.2) is 133 Å². The summed E-state index contributed by atoms with van der Waals surface area (Å²) in [4.78, 5) is 25.2. The zero-order chi connectivity index (χ0) is 34.0. The van der Waals surface area contributed by atoms with Gasteiger partial charge in [0.2, 0.25) is 0 Å². The number of benzene rings is 5. The van der Waals surface area contributed by atoms with Crippen molar-refractivity contribution in [1.82, 2.24) is 0 Å². The quantitative estimate of drug-likeness (QED) is 0.104. The second-order valence-corrected chi connectivity index (χ2v) is 13.5. The molecule has 0 spiro atoms. The third-order valence-corrected chi connectivity index (χ3v) is 8.67. The number of amides is 4. The van der Waals surface area contributed by atoms with Gasteiger partial charge in [-0.2, -0.15) is 16.8 Å². The molecule has 5 aromatic carbocycles. The molecule has 246 valence electrons. The number of hydrogen-bond donors (Lipinski definition) is 4. The minimum Gasteiger partial charge on any atom is -0.382 e. The van der Waals surface area contributed by atoms with E-state index in [-0.39, 0.29) is 23.0 Å². The van der Waals surface area contributed by atoms with Gasteiger partial charge in [0.25, 0.3) is 0 Å². The summed E-state index contributed by atoms with van der Waals surface area (Å²) in [6.07, 6.45) is 0. The molecular formula is C34H30N4O8S2. The molecule has 0 radical (unpaired) electrons. The summed E-state index contributed by atoms with van der Waals surface area (Å²) in [5.41, 5.74) is 2.60. The third kappa shape index (κ3) is 10.6. The van der Waals surface area contributed by atoms with Crippen molar-refractivity contribution in [2.24, 2.45) is 0 Å². The van der Waals surface area contributed by atoms with Crippen molar-refractivity contribution in [3.63, 3.8) is 0 Å². The van der Waals surface area contributed by atoms with Crippen molar-refractivity contribution < 1.29 is 34.8 Å². The summed E-state index contributed by atoms with van der Waals surface area (Å²) < 4.78 is 60.3. The molecule has 4 amide bonds. The van der Waals surface area contributed by atoms with E-state index >= 15 is 0 Å². The Hall–Kier alpha value is -5.86. The highest BCUT2D eigenvalue weighted by Gasteiger charge is 2.16. The number of rotatable bonds is 12. The Morgan fingerprint density at radius 2 is 0.792 bits per heavy atom. The summed E-state index contributed by atoms with van der Waals surface area (Å²) in [6.45, 7) is 0. The molecule has 12 nitrogen and oxygen atoms in total. The Kier molecular flexibility index (Phi) is 10.6. The molecule has 0 heterocycles. The average Bonchev–Trinajstić information content (AvgIpc) is 3.02. The van der Waals surface area contributed by atoms with Gasteiger partial charge in [-0.1, -0.05) is 72.8 Å². The van der Waals surface area contributed by atoms with E-state index in [0.717, 1.165) is 0 Å². The van der Waals surface area contributed by atoms with Gasteiger partial charge < -0.3 is 29.6 Å². The van der Waals surface area contributed by atoms with Crippen LogP contribution in [0.25, 0.3) is 0 Å². The van der Waals surface area contributed by atoms with Gasteiger partial charge in [-0.05, 0) is 59.7 Å². The van der Waals surface area contributed by atoms with Crippen LogP contribution in [0.1, 0.15) is 11.1 Å². The van der Waals surface area contributed by atoms with Crippen molar-refractivity contribution in [2.45, 2.75) is 11.5 Å². The van der Waals surface area contributed by atoms with Crippen LogP contribution in [0.5, 0.6) is 11.5 Å². The molecule has 0 aromatic heterocycles. The number of hydrogen-bond acceptors (Lipinski definition) is 8. The van der Waals surface area contributed by atoms with E-state index in [0.29, 0.717) is 33.9 Å². The van der Waals surface area contributed by atoms with Crippen molar-refractivity contribution in [3.8, 4) is 11.5 Å². The normalized spacial score (nSPS) is 11.2. The summed E-state index contributed by atoms with van der Waals surface area (Å²) in [6, 6.07) is 34.3. The first-order valence-electron chi connectivity index (χ1n) is 14.4. The Morgan fingerprint density at radius 3 is 1.17 bits per heavy atom. The van der Waals surface area contributed by atoms with E-state index in [1.54, 1.807) is 109 Å². The Bertz CT molecular complexity index is 1940. The topological polar surface area (TPSA) is 169 Å². The van der Waals surface area contributed by atoms with Gasteiger partial charge in [-0.15, -0.1) is 0 Å². The predicted molar refractivity (Wildman–Crippen MR) is 184 cm³/mol. The van der Waals surface area contributed by atoms with Crippen molar-refractivity contribution in [2.75, 3.05) is 21.3 Å². The largest absolute Gasteiger partial charge is 0.382 e. The smallest absolute Gasteiger partial charge is 0.323 e. The van der Waals surface area contributed by atoms with Crippen LogP contribution in [0.3, 0.4) is 0 Å². The number of anilines is 4. The highest BCUT2D eigenvalue weighted by molar-refractivity contribution is 7.86. The maximum atomic E-state index is 12.6. The predicted octanol–water partition coefficient (Wildman–Crippen LogP) is 6.79. The summed E-state index contributed by atoms with van der Waals surface area (Å²) in [5.74, 6) is -0.514. The molecule has 14 heteroatoms. The van der Waals surface area contributed by atoms with Crippen molar-refractivity contribution >= 4 is 55.0 Å². The molecule has 0 aliphatic rings. The first kappa shape index (κ1) is 33.5. The fourth-order valence-corrected chi connectivity index (χ4v) is 6.50. The maximum Gasteiger partial charge on any atom is 0.323 e. The third-order valence-electron chi connectivity index (χ3n) is 6.40. The lowest BCUT2D eigenvalue weighted by atomic mass is 10.2. The van der Waals surface area contributed by atoms with Gasteiger partial charge in [-0.25, -0.2) is 9.59 Å². The van der Waals surface area contributed by atoms with E-state index in [9.17, 15) is 26.4 Å². The van der Waals surface area contributed by atoms with Gasteiger partial charge in [0.15, 0.2) is 0 Å². The van der Waals surface area contributed by atoms with E-state index in [4.69, 9.17) is 8.37 Å². The first-order valence-corrected chi connectivity index (χ1v) is 17.5. The van der Waals surface area contributed by atoms with Crippen LogP contribution in [0.4, 0.5) is 32.3 Å². The van der Waals surface area contributed by atoms with E-state index < -0.39 is 32.3 Å². The lowest BCUT2D eigenvalue weighted by Gasteiger charge is -2.12. The van der Waals surface area contributed by atoms with Crippen LogP contribution in [0, 0.1) is 0 Å². The Morgan fingerprint density at radius 1 is 0.438 bits per heavy atom. The van der Waals surface area contributed by atoms with Crippen LogP contribution in [-0.4, -0.2) is 28.9 Å². The molecule has 0 bridgehead atoms. The summed E-state index contributed by atoms with van der Waals surface area (Å²) >= 11 is 0. The molecule has 48 heavy (non-hydrogen) atoms. The van der Waals surface area contributed by atoms with E-state index in [1.807, 2.05) is 0 Å². The van der Waals surface area contributed by atoms with E-state index in [1.165, 1.54) is 24.3 Å². The molecule has 4 N–H and O–H groups in total. The number of urea groups is 2. The fraction of sp³-hybridized carbons (Fsp3) is 0.0588. The highest BCUT2D eigenvalue weighted by atomic mass is 32.2. The molecule has 0 unspecified atom stereocenters. The zero-order valence-electron chi connectivity index (χ0n) is 25.2. The Labute approximate surface area is 278 Å². The van der Waals surface area contributed by atoms with Gasteiger partial charge in [0.1, 0.15) is 23.0 Å². The molecule has 0 atom stereocenters. The molecule has 5 rings (SSSR count). The van der Waals surface area contributed by atoms with E-state index in [2.05, 4.69) is 21.3 Å². The first-order chi connectivity index (χ1) is 23.0. The van der Waals surface area contributed by atoms with Gasteiger partial charge in [-0.3, -0.25) is 0 Å². The summed E-state index contributed by atoms with van der Waals surface area (Å²) in [5, 5.41) is 10.5. The second kappa shape index (κ2) is 15.2. The number of carbonyl (C=O) groups excluding carboxylic acids is 2. The van der Waals surface area contributed by atoms with Crippen LogP contribution in [-0.2, 0) is 31.7 Å². The Balaban J connectivity index is 1.10. The molecule has 0 aliphatic carbocycles. The lowest BCUT2D eigenvalue weighted by molar-refractivity contribution is 0.261. The second-order valence-electron chi connectivity index (χ2n) is 10.3. The van der Waals surface area contributed by atoms with Crippen LogP contribution >= 0.6 is 0 Å². The van der Waals surface area contributed by atoms with Crippen LogP contribution < -0.4 is 29.6 Å². The zero-order valence-corrected chi connectivity index (χ0v) is 26.8. The molecule has 0 aliphatic heterocycles. The highest BCUT2D eigenvalue weighted by Crippen LogP contribution is 2.23. The SMILES string of the molecule is O=C(Nc1ccc(NC(=O)Nc2cccc(OS(=O)(=O)Cc3ccccc3)c2)cc1)Nc1cccc(OS(=O)(=O)Cc2ccccc2)c1. The lowest BCUT2D eigenvalue weighted by Crippen LogP contribution is -2.20. The van der Waals surface area contributed by atoms with Gasteiger partial charge in [0.05, 0.1) is 0 Å². The summed E-state index contributed by atoms with van der Waals surface area (Å²) in [7, 11) is -7.84. The van der Waals surface area contributed by atoms with Crippen molar-refractivity contribution in [1.29, 1.82) is 0 Å². The minimum atomic E-state index is -3.92. The van der Waals surface area contributed by atoms with Crippen molar-refractivity contribution in [3.05, 3.63) is 145 Å². The molecular weight excluding hydrogens is 657 g/mol. The molecule has 5 aromatic rings. The minimum absolute atomic E-state index is 0.0461. The average molecular weight is 687 g/mol.